The lowest BCUT2D eigenvalue weighted by atomic mass is 10.0. The van der Waals surface area contributed by atoms with Crippen LogP contribution in [0.2, 0.25) is 0 Å². The van der Waals surface area contributed by atoms with Gasteiger partial charge < -0.3 is 28.5 Å². The Morgan fingerprint density at radius 1 is 0.463 bits per heavy atom. The molecule has 386 valence electrons. The highest BCUT2D eigenvalue weighted by molar-refractivity contribution is 5.71. The molecule has 9 heteroatoms. The average Bonchev–Trinajstić information content (AvgIpc) is 3.29. The van der Waals surface area contributed by atoms with E-state index in [2.05, 4.69) is 86.8 Å². The Kier molecular flexibility index (Phi) is 46.8. The molecule has 9 nitrogen and oxygen atoms in total. The predicted octanol–water partition coefficient (Wildman–Crippen LogP) is 15.5. The summed E-state index contributed by atoms with van der Waals surface area (Å²) in [4.78, 5) is 37.3. The summed E-state index contributed by atoms with van der Waals surface area (Å²) >= 11 is 0. The molecule has 0 rings (SSSR count). The highest BCUT2D eigenvalue weighted by atomic mass is 16.7. The van der Waals surface area contributed by atoms with Crippen molar-refractivity contribution in [3.05, 3.63) is 72.9 Å². The van der Waals surface area contributed by atoms with Crippen LogP contribution in [0.3, 0.4) is 0 Å². The van der Waals surface area contributed by atoms with Gasteiger partial charge in [0, 0.05) is 12.8 Å². The third kappa shape index (κ3) is 50.4. The predicted molar refractivity (Wildman–Crippen MR) is 281 cm³/mol. The number of unbranched alkanes of at least 4 members (excludes halogenated alkanes) is 22. The molecule has 0 aliphatic rings. The van der Waals surface area contributed by atoms with Crippen LogP contribution in [0.25, 0.3) is 0 Å². The number of carbonyl (C=O) groups is 3. The number of nitrogens with zero attached hydrogens (tertiary/aromatic N) is 1. The molecule has 1 N–H and O–H groups in total. The number of ether oxygens (including phenoxy) is 4. The minimum Gasteiger partial charge on any atom is -0.477 e. The Morgan fingerprint density at radius 3 is 1.27 bits per heavy atom. The van der Waals surface area contributed by atoms with Crippen LogP contribution in [0.5, 0.6) is 0 Å². The van der Waals surface area contributed by atoms with Crippen LogP contribution in [0.4, 0.5) is 0 Å². The molecule has 67 heavy (non-hydrogen) atoms. The van der Waals surface area contributed by atoms with Gasteiger partial charge in [-0.3, -0.25) is 9.59 Å². The Labute approximate surface area is 411 Å². The van der Waals surface area contributed by atoms with Crippen LogP contribution in [0, 0.1) is 0 Å². The second-order valence-electron chi connectivity index (χ2n) is 19.2. The molecule has 0 bridgehead atoms. The minimum absolute atomic E-state index is 0.181. The van der Waals surface area contributed by atoms with Gasteiger partial charge in [-0.1, -0.05) is 196 Å². The fourth-order valence-corrected chi connectivity index (χ4v) is 7.27. The van der Waals surface area contributed by atoms with Crippen molar-refractivity contribution in [1.29, 1.82) is 0 Å². The second kappa shape index (κ2) is 49.2. The van der Waals surface area contributed by atoms with Gasteiger partial charge in [0.1, 0.15) is 13.2 Å². The van der Waals surface area contributed by atoms with Crippen LogP contribution >= 0.6 is 0 Å². The minimum atomic E-state index is -1.52. The number of carboxylic acids is 1. The maximum atomic E-state index is 12.8. The maximum absolute atomic E-state index is 12.8. The molecule has 0 aliphatic carbocycles. The lowest BCUT2D eigenvalue weighted by molar-refractivity contribution is -0.870. The van der Waals surface area contributed by atoms with Gasteiger partial charge >= 0.3 is 17.9 Å². The lowest BCUT2D eigenvalue weighted by Crippen LogP contribution is -2.40. The fraction of sp³-hybridized carbons (Fsp3) is 0.741. The van der Waals surface area contributed by atoms with Crippen LogP contribution in [-0.2, 0) is 33.3 Å². The van der Waals surface area contributed by atoms with Crippen LogP contribution in [0.15, 0.2) is 72.9 Å². The molecule has 0 aromatic heterocycles. The van der Waals surface area contributed by atoms with Crippen LogP contribution < -0.4 is 0 Å². The highest BCUT2D eigenvalue weighted by Crippen LogP contribution is 2.15. The van der Waals surface area contributed by atoms with Crippen LogP contribution in [-0.4, -0.2) is 87.4 Å². The molecule has 0 aromatic carbocycles. The summed E-state index contributed by atoms with van der Waals surface area (Å²) in [6.45, 7) is 4.74. The smallest absolute Gasteiger partial charge is 0.361 e. The first kappa shape index (κ1) is 63.7. The zero-order chi connectivity index (χ0) is 49.2. The summed E-state index contributed by atoms with van der Waals surface area (Å²) in [5.74, 6) is -2.03. The van der Waals surface area contributed by atoms with Crippen molar-refractivity contribution >= 4 is 17.9 Å². The Bertz CT molecular complexity index is 1330. The first-order chi connectivity index (χ1) is 32.6. The molecular weight excluding hydrogens is 839 g/mol. The largest absolute Gasteiger partial charge is 0.477 e. The topological polar surface area (TPSA) is 108 Å². The number of carboxylic acid groups (broad SMARTS) is 1. The van der Waals surface area contributed by atoms with E-state index in [1.165, 1.54) is 96.3 Å². The molecule has 2 atom stereocenters. The Hall–Kier alpha value is -3.27. The summed E-state index contributed by atoms with van der Waals surface area (Å²) in [7, 11) is 5.95. The van der Waals surface area contributed by atoms with Gasteiger partial charge in [-0.2, -0.15) is 0 Å². The van der Waals surface area contributed by atoms with E-state index in [9.17, 15) is 19.5 Å². The zero-order valence-corrected chi connectivity index (χ0v) is 43.8. The molecule has 0 fully saturated rings. The monoisotopic (exact) mass is 941 g/mol. The van der Waals surface area contributed by atoms with E-state index in [0.717, 1.165) is 89.9 Å². The van der Waals surface area contributed by atoms with Crippen molar-refractivity contribution in [2.75, 3.05) is 47.5 Å². The van der Waals surface area contributed by atoms with E-state index in [1.807, 2.05) is 21.1 Å². The molecular formula is C58H102NO8+. The molecule has 0 saturated carbocycles. The van der Waals surface area contributed by atoms with Gasteiger partial charge in [0.2, 0.25) is 0 Å². The van der Waals surface area contributed by atoms with Gasteiger partial charge in [0.15, 0.2) is 6.10 Å². The lowest BCUT2D eigenvalue weighted by Gasteiger charge is -2.25. The number of hydrogen-bond donors (Lipinski definition) is 1. The zero-order valence-electron chi connectivity index (χ0n) is 43.8. The van der Waals surface area contributed by atoms with E-state index in [0.29, 0.717) is 23.9 Å². The summed E-state index contributed by atoms with van der Waals surface area (Å²) in [6.07, 6.45) is 59.6. The molecule has 0 aromatic rings. The van der Waals surface area contributed by atoms with Crippen molar-refractivity contribution in [2.24, 2.45) is 0 Å². The van der Waals surface area contributed by atoms with Crippen LogP contribution in [0.1, 0.15) is 219 Å². The maximum Gasteiger partial charge on any atom is 0.361 e. The number of likely N-dealkylation sites (N-methyl/N-ethyl adjacent to an activating group) is 1. The third-order valence-corrected chi connectivity index (χ3v) is 11.4. The van der Waals surface area contributed by atoms with Gasteiger partial charge in [-0.25, -0.2) is 4.79 Å². The average molecular weight is 941 g/mol. The molecule has 0 amide bonds. The number of aliphatic carboxylic acids is 1. The first-order valence-corrected chi connectivity index (χ1v) is 27.1. The summed E-state index contributed by atoms with van der Waals surface area (Å²) in [5.41, 5.74) is 0. The van der Waals surface area contributed by atoms with Crippen molar-refractivity contribution in [2.45, 2.75) is 232 Å². The highest BCUT2D eigenvalue weighted by Gasteiger charge is 2.25. The first-order valence-electron chi connectivity index (χ1n) is 27.1. The number of esters is 2. The van der Waals surface area contributed by atoms with E-state index in [1.54, 1.807) is 0 Å². The van der Waals surface area contributed by atoms with Gasteiger partial charge in [-0.15, -0.1) is 0 Å². The number of carbonyl (C=O) groups excluding carboxylic acids is 2. The SMILES string of the molecule is CC/C=C\C/C=C\C/C=C\C/C=C\CCCCCCCCC(=O)OC(COC(=O)CCCCCCCCCCCCC/C=C\C/C=C\CCCCCCC)COC(OCC[N+](C)(C)C)C(=O)O. The van der Waals surface area contributed by atoms with Gasteiger partial charge in [0.05, 0.1) is 34.4 Å². The second-order valence-corrected chi connectivity index (χ2v) is 19.2. The molecule has 0 heterocycles. The van der Waals surface area contributed by atoms with E-state index >= 15 is 0 Å². The molecule has 0 aliphatic heterocycles. The number of allylic oxidation sites excluding steroid dienone is 12. The quantitative estimate of drug-likeness (QED) is 0.0211. The van der Waals surface area contributed by atoms with Gasteiger partial charge in [0.25, 0.3) is 6.29 Å². The normalized spacial score (nSPS) is 13.4. The standard InChI is InChI=1S/C58H101NO8/c1-6-8-10-12-14-16-18-20-22-24-26-27-28-29-31-32-34-36-38-40-42-44-46-48-55(60)65-52-54(53-66-58(57(62)63)64-51-50-59(3,4)5)67-56(61)49-47-45-43-41-39-37-35-33-30-25-23-21-19-17-15-13-11-9-7-2/h9,11,15,17-18,20-21,23-24,26,30,33,54,58H,6-8,10,12-14,16,19,22,25,27-29,31-32,34-53H2,1-5H3/p+1/b11-9-,17-15-,20-18-,23-21-,26-24-,33-30-. The third-order valence-electron chi connectivity index (χ3n) is 11.4. The van der Waals surface area contributed by atoms with Gasteiger partial charge in [-0.05, 0) is 83.5 Å². The summed E-state index contributed by atoms with van der Waals surface area (Å²) < 4.78 is 22.8. The van der Waals surface area contributed by atoms with Crippen molar-refractivity contribution < 1.29 is 42.9 Å². The number of hydrogen-bond acceptors (Lipinski definition) is 7. The molecule has 0 radical (unpaired) electrons. The van der Waals surface area contributed by atoms with Crippen molar-refractivity contribution in [3.8, 4) is 0 Å². The Morgan fingerprint density at radius 2 is 0.851 bits per heavy atom. The van der Waals surface area contributed by atoms with E-state index < -0.39 is 24.3 Å². The van der Waals surface area contributed by atoms with E-state index in [-0.39, 0.29) is 32.2 Å². The fourth-order valence-electron chi connectivity index (χ4n) is 7.27. The number of quaternary nitrogens is 1. The van der Waals surface area contributed by atoms with Crippen molar-refractivity contribution in [3.63, 3.8) is 0 Å². The van der Waals surface area contributed by atoms with E-state index in [4.69, 9.17) is 18.9 Å². The Balaban J connectivity index is 4.32. The van der Waals surface area contributed by atoms with Crippen molar-refractivity contribution in [1.82, 2.24) is 0 Å². The summed E-state index contributed by atoms with van der Waals surface area (Å²) in [5, 5.41) is 9.68. The molecule has 0 spiro atoms. The summed E-state index contributed by atoms with van der Waals surface area (Å²) in [6, 6.07) is 0. The molecule has 2 unspecified atom stereocenters. The number of rotatable bonds is 49. The molecule has 0 saturated heterocycles.